The largest absolute Gasteiger partial charge is 0.479 e. The Morgan fingerprint density at radius 1 is 1.12 bits per heavy atom. The Morgan fingerprint density at radius 3 is 2.28 bits per heavy atom. The van der Waals surface area contributed by atoms with E-state index in [0.29, 0.717) is 18.1 Å². The molecular weight excluding hydrogens is 312 g/mol. The number of hydrogen-bond acceptors (Lipinski definition) is 2. The van der Waals surface area contributed by atoms with Gasteiger partial charge in [0.15, 0.2) is 6.10 Å². The predicted molar refractivity (Wildman–Crippen MR) is 102 cm³/mol. The van der Waals surface area contributed by atoms with Crippen LogP contribution in [0, 0.1) is 13.8 Å². The van der Waals surface area contributed by atoms with Crippen molar-refractivity contribution in [2.75, 3.05) is 0 Å². The molecule has 1 unspecified atom stereocenters. The molecule has 0 radical (unpaired) electrons. The van der Waals surface area contributed by atoms with Crippen LogP contribution in [0.1, 0.15) is 60.9 Å². The Morgan fingerprint density at radius 2 is 1.76 bits per heavy atom. The highest BCUT2D eigenvalue weighted by Crippen LogP contribution is 2.29. The van der Waals surface area contributed by atoms with Crippen molar-refractivity contribution < 1.29 is 14.6 Å². The summed E-state index contributed by atoms with van der Waals surface area (Å²) in [7, 11) is 0. The number of ether oxygens (including phenoxy) is 1. The SMILES string of the molecule is CCC(Oc1cc(C)cc(C)c1Cc1ccc(C(C)C)cc1)C(=O)O. The summed E-state index contributed by atoms with van der Waals surface area (Å²) in [5.74, 6) is 0.267. The normalized spacial score (nSPS) is 12.2. The minimum Gasteiger partial charge on any atom is -0.479 e. The summed E-state index contributed by atoms with van der Waals surface area (Å²) in [4.78, 5) is 11.4. The summed E-state index contributed by atoms with van der Waals surface area (Å²) in [6.07, 6.45) is 0.351. The van der Waals surface area contributed by atoms with E-state index in [0.717, 1.165) is 23.1 Å². The number of aliphatic carboxylic acids is 1. The van der Waals surface area contributed by atoms with Crippen LogP contribution in [0.3, 0.4) is 0 Å². The maximum Gasteiger partial charge on any atom is 0.344 e. The second-order valence-electron chi connectivity index (χ2n) is 6.98. The maximum absolute atomic E-state index is 11.4. The van der Waals surface area contributed by atoms with Crippen LogP contribution >= 0.6 is 0 Å². The molecule has 0 fully saturated rings. The third kappa shape index (κ3) is 4.85. The highest BCUT2D eigenvalue weighted by Gasteiger charge is 2.19. The fourth-order valence-electron chi connectivity index (χ4n) is 2.98. The first kappa shape index (κ1) is 19.0. The van der Waals surface area contributed by atoms with Crippen molar-refractivity contribution in [3.05, 3.63) is 64.2 Å². The smallest absolute Gasteiger partial charge is 0.344 e. The molecule has 0 aliphatic heterocycles. The predicted octanol–water partition coefficient (Wildman–Crippen LogP) is 5.26. The second kappa shape index (κ2) is 8.19. The van der Waals surface area contributed by atoms with E-state index in [-0.39, 0.29) is 0 Å². The van der Waals surface area contributed by atoms with E-state index in [1.807, 2.05) is 19.9 Å². The Balaban J connectivity index is 2.34. The van der Waals surface area contributed by atoms with Crippen molar-refractivity contribution in [3.63, 3.8) is 0 Å². The van der Waals surface area contributed by atoms with Gasteiger partial charge in [0.25, 0.3) is 0 Å². The van der Waals surface area contributed by atoms with Crippen LogP contribution in [0.5, 0.6) is 5.75 Å². The van der Waals surface area contributed by atoms with Gasteiger partial charge >= 0.3 is 5.97 Å². The van der Waals surface area contributed by atoms with Crippen LogP contribution in [-0.4, -0.2) is 17.2 Å². The Bertz CT molecular complexity index is 730. The van der Waals surface area contributed by atoms with Crippen molar-refractivity contribution in [1.29, 1.82) is 0 Å². The van der Waals surface area contributed by atoms with E-state index in [1.54, 1.807) is 0 Å². The summed E-state index contributed by atoms with van der Waals surface area (Å²) < 4.78 is 5.85. The van der Waals surface area contributed by atoms with Crippen LogP contribution in [0.15, 0.2) is 36.4 Å². The highest BCUT2D eigenvalue weighted by atomic mass is 16.5. The van der Waals surface area contributed by atoms with E-state index >= 15 is 0 Å². The molecule has 0 spiro atoms. The molecule has 0 saturated carbocycles. The number of hydrogen-bond donors (Lipinski definition) is 1. The molecule has 2 aromatic rings. The molecule has 25 heavy (non-hydrogen) atoms. The zero-order valence-corrected chi connectivity index (χ0v) is 15.8. The first-order chi connectivity index (χ1) is 11.8. The molecule has 2 aromatic carbocycles. The standard InChI is InChI=1S/C22H28O3/c1-6-20(22(23)24)25-21-12-15(4)11-16(5)19(21)13-17-7-9-18(10-8-17)14(2)3/h7-12,14,20H,6,13H2,1-5H3,(H,23,24). The van der Waals surface area contributed by atoms with Gasteiger partial charge in [0, 0.05) is 12.0 Å². The molecule has 0 amide bonds. The first-order valence-corrected chi connectivity index (χ1v) is 8.90. The van der Waals surface area contributed by atoms with Crippen molar-refractivity contribution >= 4 is 5.97 Å². The lowest BCUT2D eigenvalue weighted by molar-refractivity contribution is -0.145. The molecule has 0 aliphatic carbocycles. The third-order valence-corrected chi connectivity index (χ3v) is 4.52. The van der Waals surface area contributed by atoms with Crippen molar-refractivity contribution in [1.82, 2.24) is 0 Å². The van der Waals surface area contributed by atoms with Crippen molar-refractivity contribution in [3.8, 4) is 5.75 Å². The fourth-order valence-corrected chi connectivity index (χ4v) is 2.98. The van der Waals surface area contributed by atoms with E-state index in [2.05, 4.69) is 51.1 Å². The van der Waals surface area contributed by atoms with Crippen LogP contribution in [-0.2, 0) is 11.2 Å². The molecule has 2 rings (SSSR count). The number of carboxylic acid groups (broad SMARTS) is 1. The monoisotopic (exact) mass is 340 g/mol. The minimum absolute atomic E-state index is 0.435. The number of benzene rings is 2. The molecule has 0 aliphatic rings. The van der Waals surface area contributed by atoms with Crippen LogP contribution in [0.25, 0.3) is 0 Å². The summed E-state index contributed by atoms with van der Waals surface area (Å²) in [6.45, 7) is 10.2. The van der Waals surface area contributed by atoms with Gasteiger partial charge in [-0.25, -0.2) is 4.79 Å². The zero-order valence-electron chi connectivity index (χ0n) is 15.8. The molecule has 134 valence electrons. The quantitative estimate of drug-likeness (QED) is 0.748. The molecule has 1 N–H and O–H groups in total. The lowest BCUT2D eigenvalue weighted by Gasteiger charge is -2.19. The molecule has 0 aromatic heterocycles. The first-order valence-electron chi connectivity index (χ1n) is 8.90. The van der Waals surface area contributed by atoms with Gasteiger partial charge in [-0.15, -0.1) is 0 Å². The van der Waals surface area contributed by atoms with Crippen molar-refractivity contribution in [2.45, 2.75) is 59.5 Å². The van der Waals surface area contributed by atoms with Gasteiger partial charge in [-0.05, 0) is 54.5 Å². The average Bonchev–Trinajstić information content (AvgIpc) is 2.55. The topological polar surface area (TPSA) is 46.5 Å². The summed E-state index contributed by atoms with van der Waals surface area (Å²) in [6, 6.07) is 12.7. The van der Waals surface area contributed by atoms with Crippen molar-refractivity contribution in [2.24, 2.45) is 0 Å². The minimum atomic E-state index is -0.922. The number of rotatable bonds is 7. The Labute approximate surface area is 150 Å². The molecule has 0 bridgehead atoms. The van der Waals surface area contributed by atoms with Gasteiger partial charge in [0.1, 0.15) is 5.75 Å². The highest BCUT2D eigenvalue weighted by molar-refractivity contribution is 5.72. The fraction of sp³-hybridized carbons (Fsp3) is 0.409. The molecule has 1 atom stereocenters. The average molecular weight is 340 g/mol. The van der Waals surface area contributed by atoms with Gasteiger partial charge in [0.2, 0.25) is 0 Å². The molecule has 3 heteroatoms. The number of carboxylic acids is 1. The number of aryl methyl sites for hydroxylation is 2. The van der Waals surface area contributed by atoms with Crippen LogP contribution in [0.4, 0.5) is 0 Å². The van der Waals surface area contributed by atoms with Gasteiger partial charge in [-0.1, -0.05) is 51.1 Å². The lowest BCUT2D eigenvalue weighted by Crippen LogP contribution is -2.26. The van der Waals surface area contributed by atoms with E-state index in [9.17, 15) is 9.90 Å². The summed E-state index contributed by atoms with van der Waals surface area (Å²) in [5, 5.41) is 9.31. The summed E-state index contributed by atoms with van der Waals surface area (Å²) in [5.41, 5.74) is 5.78. The van der Waals surface area contributed by atoms with Gasteiger partial charge in [0.05, 0.1) is 0 Å². The van der Waals surface area contributed by atoms with Gasteiger partial charge < -0.3 is 9.84 Å². The molecule has 0 heterocycles. The number of carbonyl (C=O) groups is 1. The maximum atomic E-state index is 11.4. The Hall–Kier alpha value is -2.29. The van der Waals surface area contributed by atoms with E-state index in [1.165, 1.54) is 11.1 Å². The zero-order chi connectivity index (χ0) is 18.6. The van der Waals surface area contributed by atoms with Crippen LogP contribution in [0.2, 0.25) is 0 Å². The van der Waals surface area contributed by atoms with E-state index in [4.69, 9.17) is 4.74 Å². The van der Waals surface area contributed by atoms with Crippen LogP contribution < -0.4 is 4.74 Å². The Kier molecular flexibility index (Phi) is 6.24. The third-order valence-electron chi connectivity index (χ3n) is 4.52. The molecule has 3 nitrogen and oxygen atoms in total. The summed E-state index contributed by atoms with van der Waals surface area (Å²) >= 11 is 0. The van der Waals surface area contributed by atoms with Gasteiger partial charge in [-0.3, -0.25) is 0 Å². The molecule has 0 saturated heterocycles. The second-order valence-corrected chi connectivity index (χ2v) is 6.98. The molecular formula is C22H28O3. The van der Waals surface area contributed by atoms with E-state index < -0.39 is 12.1 Å². The van der Waals surface area contributed by atoms with Gasteiger partial charge in [-0.2, -0.15) is 0 Å². The lowest BCUT2D eigenvalue weighted by atomic mass is 9.95.